The predicted molar refractivity (Wildman–Crippen MR) is 149 cm³/mol. The summed E-state index contributed by atoms with van der Waals surface area (Å²) in [6.07, 6.45) is 1.93. The van der Waals surface area contributed by atoms with Crippen molar-refractivity contribution in [2.45, 2.75) is 32.4 Å². The van der Waals surface area contributed by atoms with Crippen molar-refractivity contribution in [1.29, 1.82) is 0 Å². The number of carbonyl (C=O) groups is 1. The third-order valence-corrected chi connectivity index (χ3v) is 7.17. The number of hydrogen-bond donors (Lipinski definition) is 3. The molecule has 0 unspecified atom stereocenters. The Labute approximate surface area is 225 Å². The second kappa shape index (κ2) is 10.6. The van der Waals surface area contributed by atoms with Crippen molar-refractivity contribution in [3.8, 4) is 11.4 Å². The number of rotatable bonds is 7. The minimum atomic E-state index is -0.360. The maximum atomic E-state index is 13.2. The number of thiocarbonyl (C=S) groups is 1. The fourth-order valence-electron chi connectivity index (χ4n) is 5.07. The van der Waals surface area contributed by atoms with Gasteiger partial charge in [0.2, 0.25) is 5.91 Å². The van der Waals surface area contributed by atoms with E-state index in [4.69, 9.17) is 12.2 Å². The van der Waals surface area contributed by atoms with Gasteiger partial charge < -0.3 is 25.2 Å². The van der Waals surface area contributed by atoms with Crippen molar-refractivity contribution in [1.82, 2.24) is 19.8 Å². The minimum Gasteiger partial charge on any atom is -0.506 e. The van der Waals surface area contributed by atoms with Gasteiger partial charge in [-0.1, -0.05) is 18.2 Å². The van der Waals surface area contributed by atoms with Crippen LogP contribution in [0.3, 0.4) is 0 Å². The van der Waals surface area contributed by atoms with Gasteiger partial charge in [0.1, 0.15) is 11.6 Å². The molecule has 0 bridgehead atoms. The van der Waals surface area contributed by atoms with Gasteiger partial charge in [-0.2, -0.15) is 0 Å². The number of carbonyl (C=O) groups excluding carboxylic acids is 1. The number of para-hydroxylation sites is 2. The molecule has 194 valence electrons. The van der Waals surface area contributed by atoms with E-state index in [0.717, 1.165) is 22.6 Å². The minimum absolute atomic E-state index is 0.183. The summed E-state index contributed by atoms with van der Waals surface area (Å²) < 4.78 is 15.3. The molecule has 0 aliphatic carbocycles. The molecule has 2 atom stereocenters. The molecule has 5 rings (SSSR count). The quantitative estimate of drug-likeness (QED) is 0.281. The number of aromatic hydroxyl groups is 1. The summed E-state index contributed by atoms with van der Waals surface area (Å²) in [6.45, 7) is 4.39. The number of aryl methyl sites for hydroxylation is 1. The largest absolute Gasteiger partial charge is 0.506 e. The molecule has 0 saturated carbocycles. The number of benzene rings is 2. The molecule has 1 aliphatic heterocycles. The van der Waals surface area contributed by atoms with Crippen LogP contribution in [0.4, 0.5) is 10.1 Å². The maximum Gasteiger partial charge on any atom is 0.226 e. The number of phenolic OH excluding ortho intramolecular Hbond substituents is 1. The van der Waals surface area contributed by atoms with Gasteiger partial charge in [0.15, 0.2) is 5.11 Å². The standard InChI is InChI=1S/C29H28FN5O2S/c1-18-17-22(19(2)35(18)24-8-3-4-9-25(24)36)28-27(23-7-5-6-15-31-23)33-29(38)34(28)16-14-26(37)32-21-12-10-20(30)11-13-21/h3-13,15,17,27-28,36H,14,16H2,1-2H3,(H,32,37)(H,33,38)/t27-,28-/m1/s1. The van der Waals surface area contributed by atoms with Crippen molar-refractivity contribution in [2.24, 2.45) is 0 Å². The highest BCUT2D eigenvalue weighted by atomic mass is 32.1. The van der Waals surface area contributed by atoms with Gasteiger partial charge >= 0.3 is 0 Å². The Bertz CT molecular complexity index is 1470. The van der Waals surface area contributed by atoms with Gasteiger partial charge in [0.05, 0.1) is 23.5 Å². The Morgan fingerprint density at radius 2 is 1.84 bits per heavy atom. The molecular formula is C29H28FN5O2S. The van der Waals surface area contributed by atoms with Gasteiger partial charge in [-0.05, 0) is 86.2 Å². The average molecular weight is 530 g/mol. The highest BCUT2D eigenvalue weighted by Crippen LogP contribution is 2.42. The number of halogens is 1. The van der Waals surface area contributed by atoms with E-state index >= 15 is 0 Å². The number of nitrogens with one attached hydrogen (secondary N) is 2. The molecule has 2 aromatic heterocycles. The van der Waals surface area contributed by atoms with Crippen molar-refractivity contribution in [3.63, 3.8) is 0 Å². The third-order valence-electron chi connectivity index (χ3n) is 6.82. The van der Waals surface area contributed by atoms with Crippen molar-refractivity contribution in [3.05, 3.63) is 107 Å². The van der Waals surface area contributed by atoms with E-state index in [1.165, 1.54) is 24.3 Å². The van der Waals surface area contributed by atoms with E-state index in [-0.39, 0.29) is 36.0 Å². The summed E-state index contributed by atoms with van der Waals surface area (Å²) in [5.41, 5.74) is 5.01. The second-order valence-electron chi connectivity index (χ2n) is 9.28. The summed E-state index contributed by atoms with van der Waals surface area (Å²) in [4.78, 5) is 19.4. The van der Waals surface area contributed by atoms with Crippen LogP contribution in [0.1, 0.15) is 41.1 Å². The lowest BCUT2D eigenvalue weighted by Crippen LogP contribution is -2.32. The molecule has 3 heterocycles. The second-order valence-corrected chi connectivity index (χ2v) is 9.66. The van der Waals surface area contributed by atoms with E-state index in [1.807, 2.05) is 53.6 Å². The lowest BCUT2D eigenvalue weighted by Gasteiger charge is -2.28. The highest BCUT2D eigenvalue weighted by Gasteiger charge is 2.41. The summed E-state index contributed by atoms with van der Waals surface area (Å²) in [5.74, 6) is -0.364. The van der Waals surface area contributed by atoms with E-state index in [1.54, 1.807) is 18.3 Å². The lowest BCUT2D eigenvalue weighted by molar-refractivity contribution is -0.116. The highest BCUT2D eigenvalue weighted by molar-refractivity contribution is 7.80. The number of phenols is 1. The summed E-state index contributed by atoms with van der Waals surface area (Å²) >= 11 is 5.75. The first kappa shape index (κ1) is 25.4. The van der Waals surface area contributed by atoms with Gasteiger partial charge in [-0.25, -0.2) is 4.39 Å². The molecule has 1 amide bonds. The molecule has 7 nitrogen and oxygen atoms in total. The zero-order chi connectivity index (χ0) is 26.8. The fourth-order valence-corrected chi connectivity index (χ4v) is 5.41. The summed E-state index contributed by atoms with van der Waals surface area (Å²) in [7, 11) is 0. The van der Waals surface area contributed by atoms with Gasteiger partial charge in [-0.3, -0.25) is 9.78 Å². The lowest BCUT2D eigenvalue weighted by atomic mass is 9.96. The Morgan fingerprint density at radius 3 is 2.55 bits per heavy atom. The van der Waals surface area contributed by atoms with Crippen LogP contribution in [-0.4, -0.2) is 37.1 Å². The van der Waals surface area contributed by atoms with Crippen molar-refractivity contribution >= 4 is 28.9 Å². The zero-order valence-electron chi connectivity index (χ0n) is 21.1. The average Bonchev–Trinajstić information content (AvgIpc) is 3.39. The maximum absolute atomic E-state index is 13.2. The van der Waals surface area contributed by atoms with Gasteiger partial charge in [-0.15, -0.1) is 0 Å². The number of amides is 1. The number of aromatic nitrogens is 2. The van der Waals surface area contributed by atoms with Crippen LogP contribution < -0.4 is 10.6 Å². The van der Waals surface area contributed by atoms with E-state index < -0.39 is 0 Å². The van der Waals surface area contributed by atoms with Gasteiger partial charge in [0.25, 0.3) is 0 Å². The van der Waals surface area contributed by atoms with Crippen LogP contribution in [0, 0.1) is 19.7 Å². The Balaban J connectivity index is 1.47. The van der Waals surface area contributed by atoms with Crippen molar-refractivity contribution in [2.75, 3.05) is 11.9 Å². The van der Waals surface area contributed by atoms with Crippen LogP contribution in [0.5, 0.6) is 5.75 Å². The first-order valence-electron chi connectivity index (χ1n) is 12.3. The van der Waals surface area contributed by atoms with Crippen LogP contribution in [-0.2, 0) is 4.79 Å². The summed E-state index contributed by atoms with van der Waals surface area (Å²) in [5, 5.41) is 17.3. The number of nitrogens with zero attached hydrogens (tertiary/aromatic N) is 3. The molecule has 1 saturated heterocycles. The van der Waals surface area contributed by atoms with Crippen molar-refractivity contribution < 1.29 is 14.3 Å². The Morgan fingerprint density at radius 1 is 1.11 bits per heavy atom. The molecule has 38 heavy (non-hydrogen) atoms. The number of anilines is 1. The molecule has 0 spiro atoms. The molecule has 4 aromatic rings. The SMILES string of the molecule is Cc1cc([C@@H]2[C@@H](c3ccccn3)NC(=S)N2CCC(=O)Nc2ccc(F)cc2)c(C)n1-c1ccccc1O. The fraction of sp³-hybridized carbons (Fsp3) is 0.207. The van der Waals surface area contributed by atoms with Crippen LogP contribution in [0.2, 0.25) is 0 Å². The smallest absolute Gasteiger partial charge is 0.226 e. The molecule has 3 N–H and O–H groups in total. The van der Waals surface area contributed by atoms with E-state index in [9.17, 15) is 14.3 Å². The Hall–Kier alpha value is -4.24. The monoisotopic (exact) mass is 529 g/mol. The number of pyridine rings is 1. The first-order chi connectivity index (χ1) is 18.3. The molecule has 2 aromatic carbocycles. The topological polar surface area (TPSA) is 82.4 Å². The normalized spacial score (nSPS) is 16.9. The molecule has 1 aliphatic rings. The first-order valence-corrected chi connectivity index (χ1v) is 12.7. The summed E-state index contributed by atoms with van der Waals surface area (Å²) in [6, 6.07) is 20.3. The van der Waals surface area contributed by atoms with E-state index in [0.29, 0.717) is 23.0 Å². The van der Waals surface area contributed by atoms with Crippen LogP contribution >= 0.6 is 12.2 Å². The molecule has 9 heteroatoms. The van der Waals surface area contributed by atoms with Crippen LogP contribution in [0.15, 0.2) is 79.0 Å². The van der Waals surface area contributed by atoms with Gasteiger partial charge in [0, 0.05) is 36.2 Å². The Kier molecular flexibility index (Phi) is 7.11. The predicted octanol–water partition coefficient (Wildman–Crippen LogP) is 5.34. The molecule has 0 radical (unpaired) electrons. The zero-order valence-corrected chi connectivity index (χ0v) is 21.9. The third kappa shape index (κ3) is 4.97. The van der Waals surface area contributed by atoms with Crippen LogP contribution in [0.25, 0.3) is 5.69 Å². The molecular weight excluding hydrogens is 501 g/mol. The van der Waals surface area contributed by atoms with E-state index in [2.05, 4.69) is 21.7 Å². The number of hydrogen-bond acceptors (Lipinski definition) is 4. The molecule has 1 fully saturated rings.